The third kappa shape index (κ3) is 5.22. The monoisotopic (exact) mass is 413 g/mol. The summed E-state index contributed by atoms with van der Waals surface area (Å²) in [7, 11) is 1.52. The zero-order chi connectivity index (χ0) is 22.2. The second-order valence-corrected chi connectivity index (χ2v) is 6.80. The lowest BCUT2D eigenvalue weighted by Crippen LogP contribution is -2.43. The Kier molecular flexibility index (Phi) is 6.92. The van der Waals surface area contributed by atoms with Crippen LogP contribution < -0.4 is 20.7 Å². The number of nitrogens with two attached hydrogens (primary N) is 1. The second kappa shape index (κ2) is 9.99. The molecule has 0 spiro atoms. The first-order valence-corrected chi connectivity index (χ1v) is 9.64. The Morgan fingerprint density at radius 3 is 2.48 bits per heavy atom. The highest BCUT2D eigenvalue weighted by atomic mass is 16.5. The molecule has 6 heteroatoms. The molecule has 0 aliphatic rings. The highest BCUT2D eigenvalue weighted by molar-refractivity contribution is 6.09. The maximum atomic E-state index is 13.4. The number of carbonyl (C=O) groups excluding carboxylic acids is 2. The predicted molar refractivity (Wildman–Crippen MR) is 121 cm³/mol. The minimum Gasteiger partial charge on any atom is -0.497 e. The van der Waals surface area contributed by atoms with Crippen molar-refractivity contribution in [2.45, 2.75) is 12.6 Å². The number of nitrogens with zero attached hydrogens (tertiary/aromatic N) is 1. The van der Waals surface area contributed by atoms with E-state index in [0.717, 1.165) is 5.56 Å². The van der Waals surface area contributed by atoms with Crippen LogP contribution in [0, 0.1) is 12.3 Å². The molecule has 0 fully saturated rings. The van der Waals surface area contributed by atoms with Gasteiger partial charge in [-0.2, -0.15) is 0 Å². The van der Waals surface area contributed by atoms with Gasteiger partial charge in [-0.1, -0.05) is 48.5 Å². The van der Waals surface area contributed by atoms with Gasteiger partial charge >= 0.3 is 5.91 Å². The zero-order valence-corrected chi connectivity index (χ0v) is 17.1. The molecule has 1 atom stereocenters. The van der Waals surface area contributed by atoms with Crippen molar-refractivity contribution in [1.29, 1.82) is 0 Å². The van der Waals surface area contributed by atoms with E-state index < -0.39 is 11.9 Å². The standard InChI is InChI=1S/C25H23N3O3/c1-3-23(29)28(21-13-8-14-22(16-21)31-2)24(19-11-7-12-20(26)15-19)25(30)27-17-18-9-5-4-6-10-18/h1,4-16,24H,17,26H2,2H3,(H,27,30). The molecule has 0 aliphatic heterocycles. The van der Waals surface area contributed by atoms with Crippen LogP contribution in [0.1, 0.15) is 17.2 Å². The predicted octanol–water partition coefficient (Wildman–Crippen LogP) is 3.30. The molecule has 0 radical (unpaired) electrons. The van der Waals surface area contributed by atoms with Gasteiger partial charge in [-0.3, -0.25) is 14.5 Å². The molecular formula is C25H23N3O3. The summed E-state index contributed by atoms with van der Waals surface area (Å²) in [5.41, 5.74) is 8.33. The lowest BCUT2D eigenvalue weighted by atomic mass is 10.0. The summed E-state index contributed by atoms with van der Waals surface area (Å²) in [6.45, 7) is 0.300. The molecule has 3 aromatic rings. The smallest absolute Gasteiger partial charge is 0.303 e. The van der Waals surface area contributed by atoms with E-state index in [1.165, 1.54) is 12.0 Å². The molecule has 156 valence electrons. The number of benzene rings is 3. The molecule has 0 aliphatic carbocycles. The fourth-order valence-electron chi connectivity index (χ4n) is 3.24. The van der Waals surface area contributed by atoms with Gasteiger partial charge in [-0.05, 0) is 41.3 Å². The molecule has 1 unspecified atom stereocenters. The fourth-order valence-corrected chi connectivity index (χ4v) is 3.24. The van der Waals surface area contributed by atoms with Crippen LogP contribution in [-0.4, -0.2) is 18.9 Å². The second-order valence-electron chi connectivity index (χ2n) is 6.80. The van der Waals surface area contributed by atoms with E-state index in [1.54, 1.807) is 48.5 Å². The quantitative estimate of drug-likeness (QED) is 0.460. The normalized spacial score (nSPS) is 11.1. The number of hydrogen-bond donors (Lipinski definition) is 2. The van der Waals surface area contributed by atoms with Gasteiger partial charge in [0.2, 0.25) is 5.91 Å². The Bertz CT molecular complexity index is 1110. The van der Waals surface area contributed by atoms with E-state index in [1.807, 2.05) is 30.3 Å². The molecule has 3 N–H and O–H groups in total. The molecule has 6 nitrogen and oxygen atoms in total. The summed E-state index contributed by atoms with van der Waals surface area (Å²) in [6.07, 6.45) is 5.46. The first kappa shape index (κ1) is 21.5. The topological polar surface area (TPSA) is 84.7 Å². The van der Waals surface area contributed by atoms with Gasteiger partial charge in [0.15, 0.2) is 0 Å². The summed E-state index contributed by atoms with van der Waals surface area (Å²) in [5.74, 6) is 1.62. The Morgan fingerprint density at radius 1 is 1.06 bits per heavy atom. The van der Waals surface area contributed by atoms with Crippen molar-refractivity contribution >= 4 is 23.2 Å². The molecule has 0 aromatic heterocycles. The fraction of sp³-hybridized carbons (Fsp3) is 0.120. The van der Waals surface area contributed by atoms with E-state index in [2.05, 4.69) is 11.2 Å². The van der Waals surface area contributed by atoms with Crippen LogP contribution in [0.3, 0.4) is 0 Å². The number of hydrogen-bond acceptors (Lipinski definition) is 4. The zero-order valence-electron chi connectivity index (χ0n) is 17.1. The van der Waals surface area contributed by atoms with Crippen molar-refractivity contribution in [2.75, 3.05) is 17.7 Å². The van der Waals surface area contributed by atoms with Crippen molar-refractivity contribution in [1.82, 2.24) is 5.32 Å². The number of ether oxygens (including phenoxy) is 1. The van der Waals surface area contributed by atoms with Crippen molar-refractivity contribution in [3.8, 4) is 18.1 Å². The van der Waals surface area contributed by atoms with Crippen molar-refractivity contribution in [3.63, 3.8) is 0 Å². The molecular weight excluding hydrogens is 390 g/mol. The van der Waals surface area contributed by atoms with Crippen molar-refractivity contribution in [3.05, 3.63) is 90.0 Å². The van der Waals surface area contributed by atoms with E-state index in [-0.39, 0.29) is 5.91 Å². The number of anilines is 2. The van der Waals surface area contributed by atoms with Crippen LogP contribution in [-0.2, 0) is 16.1 Å². The lowest BCUT2D eigenvalue weighted by molar-refractivity contribution is -0.125. The number of nitrogen functional groups attached to an aromatic ring is 1. The number of carbonyl (C=O) groups is 2. The first-order chi connectivity index (χ1) is 15.0. The highest BCUT2D eigenvalue weighted by Crippen LogP contribution is 2.31. The molecule has 3 rings (SSSR count). The SMILES string of the molecule is C#CC(=O)N(c1cccc(OC)c1)C(C(=O)NCc1ccccc1)c1cccc(N)c1. The van der Waals surface area contributed by atoms with Crippen molar-refractivity contribution < 1.29 is 14.3 Å². The third-order valence-corrected chi connectivity index (χ3v) is 4.72. The van der Waals surface area contributed by atoms with Gasteiger partial charge in [0, 0.05) is 24.0 Å². The van der Waals surface area contributed by atoms with Gasteiger partial charge in [0.1, 0.15) is 11.8 Å². The lowest BCUT2D eigenvalue weighted by Gasteiger charge is -2.30. The van der Waals surface area contributed by atoms with Gasteiger partial charge in [0.25, 0.3) is 0 Å². The van der Waals surface area contributed by atoms with Gasteiger partial charge in [0.05, 0.1) is 7.11 Å². The van der Waals surface area contributed by atoms with E-state index in [9.17, 15) is 9.59 Å². The summed E-state index contributed by atoms with van der Waals surface area (Å²) >= 11 is 0. The van der Waals surface area contributed by atoms with Crippen LogP contribution >= 0.6 is 0 Å². The largest absolute Gasteiger partial charge is 0.497 e. The van der Waals surface area contributed by atoms with Gasteiger partial charge in [-0.25, -0.2) is 0 Å². The number of rotatable bonds is 7. The summed E-state index contributed by atoms with van der Waals surface area (Å²) in [5, 5.41) is 2.90. The summed E-state index contributed by atoms with van der Waals surface area (Å²) in [6, 6.07) is 22.1. The summed E-state index contributed by atoms with van der Waals surface area (Å²) < 4.78 is 5.28. The Hall–Kier alpha value is -4.24. The number of nitrogens with one attached hydrogen (secondary N) is 1. The molecule has 3 aromatic carbocycles. The number of methoxy groups -OCH3 is 1. The highest BCUT2D eigenvalue weighted by Gasteiger charge is 2.32. The van der Waals surface area contributed by atoms with Crippen LogP contribution in [0.25, 0.3) is 0 Å². The maximum absolute atomic E-state index is 13.4. The van der Waals surface area contributed by atoms with Crippen LogP contribution in [0.5, 0.6) is 5.75 Å². The Morgan fingerprint density at radius 2 is 1.81 bits per heavy atom. The average molecular weight is 413 g/mol. The van der Waals surface area contributed by atoms with E-state index >= 15 is 0 Å². The van der Waals surface area contributed by atoms with Crippen LogP contribution in [0.4, 0.5) is 11.4 Å². The van der Waals surface area contributed by atoms with E-state index in [0.29, 0.717) is 29.2 Å². The minimum atomic E-state index is -1.03. The summed E-state index contributed by atoms with van der Waals surface area (Å²) in [4.78, 5) is 27.5. The molecule has 0 saturated heterocycles. The minimum absolute atomic E-state index is 0.300. The molecule has 0 heterocycles. The molecule has 2 amide bonds. The number of terminal acetylenes is 1. The third-order valence-electron chi connectivity index (χ3n) is 4.72. The number of amides is 2. The Labute approximate surface area is 181 Å². The van der Waals surface area contributed by atoms with Gasteiger partial charge in [-0.15, -0.1) is 6.42 Å². The van der Waals surface area contributed by atoms with Gasteiger partial charge < -0.3 is 15.8 Å². The first-order valence-electron chi connectivity index (χ1n) is 9.64. The van der Waals surface area contributed by atoms with Crippen LogP contribution in [0.15, 0.2) is 78.9 Å². The average Bonchev–Trinajstić information content (AvgIpc) is 2.81. The maximum Gasteiger partial charge on any atom is 0.303 e. The molecule has 0 saturated carbocycles. The molecule has 31 heavy (non-hydrogen) atoms. The molecule has 0 bridgehead atoms. The van der Waals surface area contributed by atoms with Crippen LogP contribution in [0.2, 0.25) is 0 Å². The Balaban J connectivity index is 2.04. The van der Waals surface area contributed by atoms with Crippen molar-refractivity contribution in [2.24, 2.45) is 0 Å². The van der Waals surface area contributed by atoms with E-state index in [4.69, 9.17) is 16.9 Å².